The molecular formula is C18H10O6. The van der Waals surface area contributed by atoms with Gasteiger partial charge in [-0.05, 0) is 29.7 Å². The average Bonchev–Trinajstić information content (AvgIpc) is 3.02. The van der Waals surface area contributed by atoms with E-state index < -0.39 is 0 Å². The van der Waals surface area contributed by atoms with Crippen molar-refractivity contribution in [3.8, 4) is 23.0 Å². The molecule has 0 unspecified atom stereocenters. The molecule has 5 rings (SSSR count). The summed E-state index contributed by atoms with van der Waals surface area (Å²) in [5, 5.41) is 21.4. The van der Waals surface area contributed by atoms with Crippen LogP contribution in [0.25, 0.3) is 32.7 Å². The smallest absolute Gasteiger partial charge is 0.231 e. The summed E-state index contributed by atoms with van der Waals surface area (Å²) in [4.78, 5) is 12.9. The van der Waals surface area contributed by atoms with Crippen LogP contribution in [-0.2, 0) is 0 Å². The van der Waals surface area contributed by atoms with Gasteiger partial charge in [-0.3, -0.25) is 4.79 Å². The summed E-state index contributed by atoms with van der Waals surface area (Å²) in [5.41, 5.74) is 0.317. The van der Waals surface area contributed by atoms with Crippen molar-refractivity contribution in [1.82, 2.24) is 0 Å². The highest BCUT2D eigenvalue weighted by atomic mass is 16.7. The van der Waals surface area contributed by atoms with Gasteiger partial charge in [0.2, 0.25) is 12.2 Å². The molecule has 0 spiro atoms. The third-order valence-electron chi connectivity index (χ3n) is 4.24. The predicted octanol–water partition coefficient (Wildman–Crippen LogP) is 3.24. The lowest BCUT2D eigenvalue weighted by Crippen LogP contribution is -2.02. The van der Waals surface area contributed by atoms with E-state index in [1.165, 1.54) is 12.1 Å². The molecule has 3 aromatic carbocycles. The minimum absolute atomic E-state index is 0.147. The molecule has 0 radical (unpaired) electrons. The zero-order chi connectivity index (χ0) is 16.4. The standard InChI is InChI=1S/C18H10O6/c19-11-4-10-14(6-12(11)20)24-13-2-1-8-3-15-16(23-7-22-15)5-9(8)17(13)18(10)21/h1-6,19-20H,7H2. The van der Waals surface area contributed by atoms with Gasteiger partial charge >= 0.3 is 0 Å². The summed E-state index contributed by atoms with van der Waals surface area (Å²) in [5.74, 6) is 0.499. The summed E-state index contributed by atoms with van der Waals surface area (Å²) in [6.45, 7) is 0.147. The van der Waals surface area contributed by atoms with Crippen LogP contribution in [0, 0.1) is 0 Å². The first-order chi connectivity index (χ1) is 11.6. The van der Waals surface area contributed by atoms with Crippen molar-refractivity contribution in [1.29, 1.82) is 0 Å². The molecule has 24 heavy (non-hydrogen) atoms. The van der Waals surface area contributed by atoms with Crippen LogP contribution in [0.5, 0.6) is 23.0 Å². The van der Waals surface area contributed by atoms with E-state index in [0.717, 1.165) is 5.39 Å². The average molecular weight is 322 g/mol. The molecule has 6 nitrogen and oxygen atoms in total. The molecule has 0 saturated heterocycles. The number of hydrogen-bond acceptors (Lipinski definition) is 6. The third-order valence-corrected chi connectivity index (χ3v) is 4.24. The number of rotatable bonds is 0. The first-order valence-electron chi connectivity index (χ1n) is 7.27. The molecule has 6 heteroatoms. The molecule has 0 saturated carbocycles. The molecule has 2 heterocycles. The van der Waals surface area contributed by atoms with Crippen molar-refractivity contribution in [2.45, 2.75) is 0 Å². The Kier molecular flexibility index (Phi) is 2.35. The second-order valence-corrected chi connectivity index (χ2v) is 5.63. The zero-order valence-electron chi connectivity index (χ0n) is 12.2. The summed E-state index contributed by atoms with van der Waals surface area (Å²) in [6, 6.07) is 9.54. The fraction of sp³-hybridized carbons (Fsp3) is 0.0556. The van der Waals surface area contributed by atoms with Crippen molar-refractivity contribution in [3.05, 3.63) is 46.6 Å². The fourth-order valence-corrected chi connectivity index (χ4v) is 3.09. The van der Waals surface area contributed by atoms with Crippen LogP contribution in [-0.4, -0.2) is 17.0 Å². The first-order valence-corrected chi connectivity index (χ1v) is 7.27. The second-order valence-electron chi connectivity index (χ2n) is 5.63. The molecule has 2 N–H and O–H groups in total. The molecule has 1 aromatic heterocycles. The van der Waals surface area contributed by atoms with Gasteiger partial charge in [0.25, 0.3) is 0 Å². The Hall–Kier alpha value is -3.41. The number of aromatic hydroxyl groups is 2. The molecule has 118 valence electrons. The Morgan fingerprint density at radius 3 is 2.42 bits per heavy atom. The fourth-order valence-electron chi connectivity index (χ4n) is 3.09. The van der Waals surface area contributed by atoms with Crippen LogP contribution in [0.15, 0.2) is 45.6 Å². The normalized spacial score (nSPS) is 13.2. The summed E-state index contributed by atoms with van der Waals surface area (Å²) in [7, 11) is 0. The maximum atomic E-state index is 12.9. The van der Waals surface area contributed by atoms with Crippen LogP contribution in [0.2, 0.25) is 0 Å². The van der Waals surface area contributed by atoms with Crippen molar-refractivity contribution in [3.63, 3.8) is 0 Å². The molecular weight excluding hydrogens is 312 g/mol. The maximum absolute atomic E-state index is 12.9. The van der Waals surface area contributed by atoms with Crippen LogP contribution in [0.1, 0.15) is 0 Å². The maximum Gasteiger partial charge on any atom is 0.231 e. The van der Waals surface area contributed by atoms with Gasteiger partial charge in [-0.25, -0.2) is 0 Å². The number of phenolic OH excluding ortho intramolecular Hbond substituents is 2. The third kappa shape index (κ3) is 1.62. The minimum atomic E-state index is -0.369. The lowest BCUT2D eigenvalue weighted by atomic mass is 10.0. The Bertz CT molecular complexity index is 1220. The van der Waals surface area contributed by atoms with Crippen molar-refractivity contribution in [2.24, 2.45) is 0 Å². The van der Waals surface area contributed by atoms with E-state index >= 15 is 0 Å². The van der Waals surface area contributed by atoms with E-state index in [1.54, 1.807) is 12.1 Å². The van der Waals surface area contributed by atoms with Gasteiger partial charge in [0, 0.05) is 11.5 Å². The van der Waals surface area contributed by atoms with E-state index in [1.807, 2.05) is 12.1 Å². The lowest BCUT2D eigenvalue weighted by Gasteiger charge is -2.07. The van der Waals surface area contributed by atoms with Gasteiger partial charge in [0.1, 0.15) is 11.2 Å². The number of ether oxygens (including phenoxy) is 2. The minimum Gasteiger partial charge on any atom is -0.504 e. The van der Waals surface area contributed by atoms with E-state index in [0.29, 0.717) is 27.9 Å². The van der Waals surface area contributed by atoms with Crippen molar-refractivity contribution >= 4 is 32.7 Å². The number of fused-ring (bicyclic) bond motifs is 5. The van der Waals surface area contributed by atoms with E-state index in [2.05, 4.69) is 0 Å². The highest BCUT2D eigenvalue weighted by Crippen LogP contribution is 2.39. The molecule has 1 aliphatic rings. The molecule has 4 aromatic rings. The predicted molar refractivity (Wildman–Crippen MR) is 86.9 cm³/mol. The highest BCUT2D eigenvalue weighted by Gasteiger charge is 2.18. The number of hydrogen-bond donors (Lipinski definition) is 2. The van der Waals surface area contributed by atoms with E-state index in [-0.39, 0.29) is 34.7 Å². The lowest BCUT2D eigenvalue weighted by molar-refractivity contribution is 0.174. The summed E-state index contributed by atoms with van der Waals surface area (Å²) < 4.78 is 16.5. The Morgan fingerprint density at radius 1 is 0.833 bits per heavy atom. The molecule has 0 fully saturated rings. The topological polar surface area (TPSA) is 89.1 Å². The Morgan fingerprint density at radius 2 is 1.58 bits per heavy atom. The van der Waals surface area contributed by atoms with Gasteiger partial charge in [0.05, 0.1) is 10.8 Å². The van der Waals surface area contributed by atoms with Crippen LogP contribution < -0.4 is 14.9 Å². The zero-order valence-corrected chi connectivity index (χ0v) is 12.2. The van der Waals surface area contributed by atoms with Crippen LogP contribution >= 0.6 is 0 Å². The molecule has 0 aliphatic carbocycles. The van der Waals surface area contributed by atoms with Gasteiger partial charge in [-0.15, -0.1) is 0 Å². The van der Waals surface area contributed by atoms with Gasteiger partial charge < -0.3 is 24.1 Å². The number of benzene rings is 3. The molecule has 0 atom stereocenters. The van der Waals surface area contributed by atoms with Gasteiger partial charge in [-0.1, -0.05) is 6.07 Å². The monoisotopic (exact) mass is 322 g/mol. The second kappa shape index (κ2) is 4.32. The Balaban J connectivity index is 2.00. The molecule has 0 amide bonds. The van der Waals surface area contributed by atoms with Gasteiger partial charge in [-0.2, -0.15) is 0 Å². The summed E-state index contributed by atoms with van der Waals surface area (Å²) in [6.07, 6.45) is 0. The van der Waals surface area contributed by atoms with Crippen LogP contribution in [0.3, 0.4) is 0 Å². The molecule has 1 aliphatic heterocycles. The van der Waals surface area contributed by atoms with E-state index in [9.17, 15) is 15.0 Å². The quantitative estimate of drug-likeness (QED) is 0.293. The molecule has 0 bridgehead atoms. The summed E-state index contributed by atoms with van der Waals surface area (Å²) >= 11 is 0. The van der Waals surface area contributed by atoms with Crippen molar-refractivity contribution < 1.29 is 24.1 Å². The van der Waals surface area contributed by atoms with Gasteiger partial charge in [0.15, 0.2) is 23.0 Å². The van der Waals surface area contributed by atoms with E-state index in [4.69, 9.17) is 13.9 Å². The Labute approximate surface area is 134 Å². The van der Waals surface area contributed by atoms with Crippen molar-refractivity contribution in [2.75, 3.05) is 6.79 Å². The largest absolute Gasteiger partial charge is 0.504 e. The van der Waals surface area contributed by atoms with Crippen LogP contribution in [0.4, 0.5) is 0 Å². The first kappa shape index (κ1) is 13.1. The SMILES string of the molecule is O=c1c2cc(O)c(O)cc2oc2ccc3cc4c(cc3c12)OCO4. The number of phenols is 2. The highest BCUT2D eigenvalue weighted by molar-refractivity contribution is 6.09.